The van der Waals surface area contributed by atoms with E-state index in [-0.39, 0.29) is 0 Å². The van der Waals surface area contributed by atoms with Crippen LogP contribution in [0.15, 0.2) is 231 Å². The van der Waals surface area contributed by atoms with E-state index in [0.29, 0.717) is 5.82 Å². The van der Waals surface area contributed by atoms with Gasteiger partial charge in [-0.25, -0.2) is 9.97 Å². The first-order valence-corrected chi connectivity index (χ1v) is 21.1. The first kappa shape index (κ1) is 38.1. The zero-order chi connectivity index (χ0) is 41.7. The number of rotatable bonds is 11. The van der Waals surface area contributed by atoms with Crippen molar-refractivity contribution in [2.24, 2.45) is 0 Å². The largest absolute Gasteiger partial charge is 0.355 e. The molecule has 0 aliphatic heterocycles. The Balaban J connectivity index is 0.895. The van der Waals surface area contributed by atoms with Crippen molar-refractivity contribution >= 4 is 38.8 Å². The summed E-state index contributed by atoms with van der Waals surface area (Å²) in [7, 11) is 0. The number of fused-ring (bicyclic) bond motifs is 3. The van der Waals surface area contributed by atoms with Crippen molar-refractivity contribution < 1.29 is 0 Å². The van der Waals surface area contributed by atoms with Gasteiger partial charge in [-0.3, -0.25) is 0 Å². The van der Waals surface area contributed by atoms with Crippen molar-refractivity contribution in [3.8, 4) is 50.7 Å². The van der Waals surface area contributed by atoms with Gasteiger partial charge in [0.25, 0.3) is 0 Å². The van der Waals surface area contributed by atoms with E-state index in [0.717, 1.165) is 62.7 Å². The molecule has 8 aromatic carbocycles. The molecule has 0 atom stereocenters. The Bertz CT molecular complexity index is 3140. The van der Waals surface area contributed by atoms with Crippen LogP contribution in [0.4, 0.5) is 11.4 Å². The summed E-state index contributed by atoms with van der Waals surface area (Å²) in [5, 5.41) is 6.05. The maximum absolute atomic E-state index is 5.03. The first-order valence-electron chi connectivity index (χ1n) is 21.1. The normalized spacial score (nSPS) is 11.7. The minimum absolute atomic E-state index is 0.716. The van der Waals surface area contributed by atoms with Crippen LogP contribution < -0.4 is 5.32 Å². The van der Waals surface area contributed by atoms with E-state index in [1.165, 1.54) is 38.5 Å². The Morgan fingerprint density at radius 1 is 0.500 bits per heavy atom. The van der Waals surface area contributed by atoms with Gasteiger partial charge in [0.1, 0.15) is 0 Å². The maximum atomic E-state index is 5.03. The van der Waals surface area contributed by atoms with E-state index in [2.05, 4.69) is 205 Å². The summed E-state index contributed by atoms with van der Waals surface area (Å²) >= 11 is 0. The highest BCUT2D eigenvalue weighted by Crippen LogP contribution is 2.35. The highest BCUT2D eigenvalue weighted by molar-refractivity contribution is 6.10. The van der Waals surface area contributed by atoms with Crippen molar-refractivity contribution in [1.82, 2.24) is 14.5 Å². The molecule has 0 amide bonds. The fourth-order valence-corrected chi connectivity index (χ4v) is 8.20. The quantitative estimate of drug-likeness (QED) is 0.133. The molecule has 0 saturated heterocycles. The van der Waals surface area contributed by atoms with Crippen molar-refractivity contribution in [3.05, 3.63) is 242 Å². The van der Waals surface area contributed by atoms with E-state index in [1.54, 1.807) is 0 Å². The Kier molecular flexibility index (Phi) is 10.6. The second-order valence-electron chi connectivity index (χ2n) is 15.5. The molecule has 0 spiro atoms. The molecule has 2 heterocycles. The number of para-hydroxylation sites is 3. The number of hydrogen-bond acceptors (Lipinski definition) is 3. The minimum atomic E-state index is 0.716. The molecule has 0 aliphatic carbocycles. The van der Waals surface area contributed by atoms with Crippen molar-refractivity contribution in [1.29, 1.82) is 0 Å². The number of aromatic nitrogens is 3. The highest BCUT2D eigenvalue weighted by Gasteiger charge is 2.14. The van der Waals surface area contributed by atoms with Gasteiger partial charge in [-0.05, 0) is 95.8 Å². The van der Waals surface area contributed by atoms with Crippen LogP contribution in [0, 0.1) is 0 Å². The molecule has 0 radical (unpaired) electrons. The Labute approximate surface area is 362 Å². The fourth-order valence-electron chi connectivity index (χ4n) is 8.20. The van der Waals surface area contributed by atoms with Gasteiger partial charge in [0.2, 0.25) is 0 Å². The molecular formula is C58H44N4. The summed E-state index contributed by atoms with van der Waals surface area (Å²) < 4.78 is 2.38. The summed E-state index contributed by atoms with van der Waals surface area (Å²) in [5.41, 5.74) is 16.6. The molecule has 2 aromatic heterocycles. The van der Waals surface area contributed by atoms with Crippen LogP contribution >= 0.6 is 0 Å². The summed E-state index contributed by atoms with van der Waals surface area (Å²) in [6, 6.07) is 74.6. The molecule has 0 saturated carbocycles. The molecule has 1 N–H and O–H groups in total. The molecule has 0 aliphatic rings. The standard InChI is InChI=1S/C58H44N4/c1-41(17-11-12-20-44-21-13-15-27-53(44)59-49-24-9-4-10-25-49)48-35-38-57-52(39-48)51-26-14-16-28-56(51)62(57)50-36-33-43(34-37-50)42-29-31-46(32-30-42)55-40-54(45-18-5-2-6-19-45)60-58(61-55)47-22-7-3-8-23-47/h2-19,21-40,59H,20H2,1H3. The van der Waals surface area contributed by atoms with Crippen LogP contribution in [0.5, 0.6) is 0 Å². The Morgan fingerprint density at radius 3 is 1.79 bits per heavy atom. The van der Waals surface area contributed by atoms with Crippen LogP contribution in [0.1, 0.15) is 18.1 Å². The van der Waals surface area contributed by atoms with Gasteiger partial charge >= 0.3 is 0 Å². The molecule has 296 valence electrons. The predicted octanol–water partition coefficient (Wildman–Crippen LogP) is 15.2. The number of benzene rings is 8. The zero-order valence-electron chi connectivity index (χ0n) is 34.5. The first-order chi connectivity index (χ1) is 30.6. The van der Waals surface area contributed by atoms with E-state index in [9.17, 15) is 0 Å². The van der Waals surface area contributed by atoms with Gasteiger partial charge in [0.05, 0.1) is 22.4 Å². The summed E-state index contributed by atoms with van der Waals surface area (Å²) in [6.07, 6.45) is 7.47. The van der Waals surface area contributed by atoms with Gasteiger partial charge in [-0.2, -0.15) is 0 Å². The van der Waals surface area contributed by atoms with Crippen LogP contribution in [0.3, 0.4) is 0 Å². The van der Waals surface area contributed by atoms with Crippen LogP contribution in [0.2, 0.25) is 0 Å². The topological polar surface area (TPSA) is 42.7 Å². The lowest BCUT2D eigenvalue weighted by Gasteiger charge is -2.11. The second kappa shape index (κ2) is 17.3. The van der Waals surface area contributed by atoms with Gasteiger partial charge < -0.3 is 9.88 Å². The minimum Gasteiger partial charge on any atom is -0.355 e. The van der Waals surface area contributed by atoms with E-state index < -0.39 is 0 Å². The molecular weight excluding hydrogens is 753 g/mol. The van der Waals surface area contributed by atoms with E-state index >= 15 is 0 Å². The number of nitrogens with zero attached hydrogens (tertiary/aromatic N) is 3. The highest BCUT2D eigenvalue weighted by atomic mass is 15.0. The molecule has 10 rings (SSSR count). The lowest BCUT2D eigenvalue weighted by molar-refractivity contribution is 1.18. The fraction of sp³-hybridized carbons (Fsp3) is 0.0345. The lowest BCUT2D eigenvalue weighted by Crippen LogP contribution is -1.96. The Hall–Kier alpha value is -8.08. The molecule has 0 bridgehead atoms. The lowest BCUT2D eigenvalue weighted by atomic mass is 10.0. The predicted molar refractivity (Wildman–Crippen MR) is 261 cm³/mol. The van der Waals surface area contributed by atoms with E-state index in [4.69, 9.17) is 9.97 Å². The Morgan fingerprint density at radius 2 is 1.06 bits per heavy atom. The van der Waals surface area contributed by atoms with Gasteiger partial charge in [0.15, 0.2) is 5.82 Å². The molecule has 10 aromatic rings. The molecule has 62 heavy (non-hydrogen) atoms. The summed E-state index contributed by atoms with van der Waals surface area (Å²) in [4.78, 5) is 9.98. The molecule has 4 nitrogen and oxygen atoms in total. The van der Waals surface area contributed by atoms with Crippen molar-refractivity contribution in [2.45, 2.75) is 13.3 Å². The van der Waals surface area contributed by atoms with Crippen LogP contribution in [-0.2, 0) is 6.42 Å². The SMILES string of the molecule is CC(=CC=CCc1ccccc1Nc1ccccc1)c1ccc2c(c1)c1ccccc1n2-c1ccc(-c2ccc(-c3cc(-c4ccccc4)nc(-c4ccccc4)n3)cc2)cc1. The van der Waals surface area contributed by atoms with Gasteiger partial charge in [-0.1, -0.05) is 176 Å². The van der Waals surface area contributed by atoms with E-state index in [1.807, 2.05) is 42.5 Å². The maximum Gasteiger partial charge on any atom is 0.160 e. The molecule has 4 heteroatoms. The zero-order valence-corrected chi connectivity index (χ0v) is 34.5. The second-order valence-corrected chi connectivity index (χ2v) is 15.5. The van der Waals surface area contributed by atoms with Gasteiger partial charge in [-0.15, -0.1) is 0 Å². The average molecular weight is 797 g/mol. The number of anilines is 2. The monoisotopic (exact) mass is 796 g/mol. The molecule has 0 unspecified atom stereocenters. The average Bonchev–Trinajstić information content (AvgIpc) is 3.68. The van der Waals surface area contributed by atoms with Crippen LogP contribution in [0.25, 0.3) is 78.1 Å². The number of hydrogen-bond donors (Lipinski definition) is 1. The smallest absolute Gasteiger partial charge is 0.160 e. The third-order valence-electron chi connectivity index (χ3n) is 11.5. The third kappa shape index (κ3) is 7.98. The third-order valence-corrected chi connectivity index (χ3v) is 11.5. The van der Waals surface area contributed by atoms with Crippen molar-refractivity contribution in [3.63, 3.8) is 0 Å². The number of nitrogens with one attached hydrogen (secondary N) is 1. The summed E-state index contributed by atoms with van der Waals surface area (Å²) in [5.74, 6) is 0.716. The van der Waals surface area contributed by atoms with Crippen LogP contribution in [-0.4, -0.2) is 14.5 Å². The number of allylic oxidation sites excluding steroid dienone is 4. The van der Waals surface area contributed by atoms with Crippen molar-refractivity contribution in [2.75, 3.05) is 5.32 Å². The summed E-state index contributed by atoms with van der Waals surface area (Å²) in [6.45, 7) is 2.19. The molecule has 0 fully saturated rings. The van der Waals surface area contributed by atoms with Gasteiger partial charge in [0, 0.05) is 44.5 Å².